The first-order valence-corrected chi connectivity index (χ1v) is 8.67. The van der Waals surface area contributed by atoms with Crippen molar-refractivity contribution in [3.63, 3.8) is 0 Å². The number of pyridine rings is 1. The van der Waals surface area contributed by atoms with Crippen molar-refractivity contribution in [1.82, 2.24) is 29.9 Å². The second kappa shape index (κ2) is 5.89. The Kier molecular flexibility index (Phi) is 3.69. The van der Waals surface area contributed by atoms with E-state index in [4.69, 9.17) is 0 Å². The van der Waals surface area contributed by atoms with Crippen molar-refractivity contribution < 1.29 is 4.79 Å². The van der Waals surface area contributed by atoms with E-state index in [1.54, 1.807) is 0 Å². The molecular formula is C17H16N6OS. The topological polar surface area (TPSA) is 85.1 Å². The van der Waals surface area contributed by atoms with E-state index in [0.29, 0.717) is 23.1 Å². The maximum atomic E-state index is 12.7. The van der Waals surface area contributed by atoms with Crippen LogP contribution < -0.4 is 5.32 Å². The van der Waals surface area contributed by atoms with Crippen molar-refractivity contribution in [2.75, 3.05) is 0 Å². The van der Waals surface area contributed by atoms with Gasteiger partial charge in [-0.3, -0.25) is 9.20 Å². The number of aromatic nitrogens is 5. The van der Waals surface area contributed by atoms with Crippen LogP contribution in [0.1, 0.15) is 32.6 Å². The Morgan fingerprint density at radius 2 is 2.04 bits per heavy atom. The Morgan fingerprint density at radius 1 is 1.20 bits per heavy atom. The maximum Gasteiger partial charge on any atom is 0.262 e. The Bertz CT molecular complexity index is 1110. The molecule has 0 saturated carbocycles. The Morgan fingerprint density at radius 3 is 2.88 bits per heavy atom. The van der Waals surface area contributed by atoms with E-state index in [-0.39, 0.29) is 5.91 Å². The molecule has 4 heterocycles. The van der Waals surface area contributed by atoms with Gasteiger partial charge in [-0.15, -0.1) is 21.5 Å². The smallest absolute Gasteiger partial charge is 0.262 e. The average Bonchev–Trinajstić information content (AvgIpc) is 3.14. The SMILES string of the molecule is Cc1nc(C)c2c(C)c(C(=O)NCc3nnc4ccccn34)sc2n1. The molecule has 4 aromatic heterocycles. The van der Waals surface area contributed by atoms with Crippen LogP contribution in [-0.2, 0) is 6.54 Å². The van der Waals surface area contributed by atoms with E-state index in [2.05, 4.69) is 25.5 Å². The zero-order valence-electron chi connectivity index (χ0n) is 14.1. The van der Waals surface area contributed by atoms with E-state index in [0.717, 1.165) is 27.1 Å². The molecule has 0 fully saturated rings. The molecule has 1 N–H and O–H groups in total. The summed E-state index contributed by atoms with van der Waals surface area (Å²) in [5.41, 5.74) is 2.58. The van der Waals surface area contributed by atoms with Crippen LogP contribution in [0.2, 0.25) is 0 Å². The summed E-state index contributed by atoms with van der Waals surface area (Å²) < 4.78 is 1.86. The average molecular weight is 352 g/mol. The molecule has 1 amide bonds. The number of aryl methyl sites for hydroxylation is 3. The van der Waals surface area contributed by atoms with Crippen LogP contribution >= 0.6 is 11.3 Å². The van der Waals surface area contributed by atoms with Gasteiger partial charge in [-0.05, 0) is 38.5 Å². The monoisotopic (exact) mass is 352 g/mol. The van der Waals surface area contributed by atoms with Gasteiger partial charge in [0.15, 0.2) is 11.5 Å². The minimum absolute atomic E-state index is 0.134. The van der Waals surface area contributed by atoms with Crippen molar-refractivity contribution in [2.24, 2.45) is 0 Å². The summed E-state index contributed by atoms with van der Waals surface area (Å²) in [6, 6.07) is 5.68. The summed E-state index contributed by atoms with van der Waals surface area (Å²) in [6.07, 6.45) is 1.88. The number of amides is 1. The first-order chi connectivity index (χ1) is 12.0. The van der Waals surface area contributed by atoms with E-state index in [9.17, 15) is 4.79 Å². The summed E-state index contributed by atoms with van der Waals surface area (Å²) in [5, 5.41) is 12.1. The van der Waals surface area contributed by atoms with Crippen LogP contribution in [-0.4, -0.2) is 30.5 Å². The van der Waals surface area contributed by atoms with Crippen molar-refractivity contribution in [3.05, 3.63) is 52.2 Å². The quantitative estimate of drug-likeness (QED) is 0.612. The molecule has 0 unspecified atom stereocenters. The van der Waals surface area contributed by atoms with Gasteiger partial charge in [0.1, 0.15) is 10.7 Å². The summed E-state index contributed by atoms with van der Waals surface area (Å²) in [4.78, 5) is 23.0. The van der Waals surface area contributed by atoms with Crippen LogP contribution in [0.3, 0.4) is 0 Å². The zero-order valence-corrected chi connectivity index (χ0v) is 14.9. The van der Waals surface area contributed by atoms with Crippen LogP contribution in [0.25, 0.3) is 15.9 Å². The second-order valence-electron chi connectivity index (χ2n) is 5.82. The molecule has 0 spiro atoms. The van der Waals surface area contributed by atoms with Gasteiger partial charge in [0.2, 0.25) is 0 Å². The summed E-state index contributed by atoms with van der Waals surface area (Å²) in [7, 11) is 0. The van der Waals surface area contributed by atoms with Crippen LogP contribution in [0.5, 0.6) is 0 Å². The van der Waals surface area contributed by atoms with Gasteiger partial charge in [-0.1, -0.05) is 6.07 Å². The molecule has 0 saturated heterocycles. The summed E-state index contributed by atoms with van der Waals surface area (Å²) in [5.74, 6) is 1.27. The van der Waals surface area contributed by atoms with E-state index < -0.39 is 0 Å². The lowest BCUT2D eigenvalue weighted by molar-refractivity contribution is 0.0953. The third kappa shape index (κ3) is 2.64. The zero-order chi connectivity index (χ0) is 17.6. The van der Waals surface area contributed by atoms with Crippen molar-refractivity contribution in [2.45, 2.75) is 27.3 Å². The summed E-state index contributed by atoms with van der Waals surface area (Å²) >= 11 is 1.40. The standard InChI is InChI=1S/C17H16N6OS/c1-9-14-10(2)19-11(3)20-17(14)25-15(9)16(24)18-8-13-22-21-12-6-4-5-7-23(12)13/h4-7H,8H2,1-3H3,(H,18,24). The third-order valence-corrected chi connectivity index (χ3v) is 5.26. The number of fused-ring (bicyclic) bond motifs is 2. The van der Waals surface area contributed by atoms with Crippen molar-refractivity contribution in [1.29, 1.82) is 0 Å². The molecular weight excluding hydrogens is 336 g/mol. The molecule has 0 aromatic carbocycles. The van der Waals surface area contributed by atoms with Crippen molar-refractivity contribution >= 4 is 33.1 Å². The molecule has 0 aliphatic rings. The van der Waals surface area contributed by atoms with Gasteiger partial charge in [0.25, 0.3) is 5.91 Å². The van der Waals surface area contributed by atoms with Gasteiger partial charge in [0, 0.05) is 17.3 Å². The molecule has 0 aliphatic carbocycles. The lowest BCUT2D eigenvalue weighted by atomic mass is 10.1. The number of thiophene rings is 1. The van der Waals surface area contributed by atoms with Gasteiger partial charge in [0.05, 0.1) is 11.4 Å². The fraction of sp³-hybridized carbons (Fsp3) is 0.235. The van der Waals surface area contributed by atoms with Crippen LogP contribution in [0.15, 0.2) is 24.4 Å². The molecule has 126 valence electrons. The lowest BCUT2D eigenvalue weighted by Gasteiger charge is -2.03. The van der Waals surface area contributed by atoms with Gasteiger partial charge < -0.3 is 5.32 Å². The molecule has 25 heavy (non-hydrogen) atoms. The fourth-order valence-electron chi connectivity index (χ4n) is 2.94. The van der Waals surface area contributed by atoms with E-state index >= 15 is 0 Å². The molecule has 8 heteroatoms. The predicted molar refractivity (Wildman–Crippen MR) is 95.8 cm³/mol. The minimum Gasteiger partial charge on any atom is -0.344 e. The van der Waals surface area contributed by atoms with Gasteiger partial charge >= 0.3 is 0 Å². The number of hydrogen-bond donors (Lipinski definition) is 1. The van der Waals surface area contributed by atoms with Gasteiger partial charge in [-0.25, -0.2) is 9.97 Å². The minimum atomic E-state index is -0.134. The molecule has 0 atom stereocenters. The Hall–Kier alpha value is -2.87. The number of carbonyl (C=O) groups excluding carboxylic acids is 1. The normalized spacial score (nSPS) is 11.3. The van der Waals surface area contributed by atoms with Crippen molar-refractivity contribution in [3.8, 4) is 0 Å². The van der Waals surface area contributed by atoms with Crippen LogP contribution in [0, 0.1) is 20.8 Å². The highest BCUT2D eigenvalue weighted by Gasteiger charge is 2.19. The molecule has 0 bridgehead atoms. The highest BCUT2D eigenvalue weighted by molar-refractivity contribution is 7.20. The highest BCUT2D eigenvalue weighted by atomic mass is 32.1. The Balaban J connectivity index is 1.62. The molecule has 4 aromatic rings. The lowest BCUT2D eigenvalue weighted by Crippen LogP contribution is -2.23. The molecule has 7 nitrogen and oxygen atoms in total. The maximum absolute atomic E-state index is 12.7. The first kappa shape index (κ1) is 15.6. The molecule has 4 rings (SSSR count). The summed E-state index contributed by atoms with van der Waals surface area (Å²) in [6.45, 7) is 6.05. The Labute approximate surface area is 147 Å². The fourth-order valence-corrected chi connectivity index (χ4v) is 4.14. The number of carbonyl (C=O) groups is 1. The highest BCUT2D eigenvalue weighted by Crippen LogP contribution is 2.31. The molecule has 0 radical (unpaired) electrons. The number of hydrogen-bond acceptors (Lipinski definition) is 6. The number of nitrogens with one attached hydrogen (secondary N) is 1. The van der Waals surface area contributed by atoms with E-state index in [1.165, 1.54) is 11.3 Å². The predicted octanol–water partition coefficient (Wildman–Crippen LogP) is 2.59. The van der Waals surface area contributed by atoms with Gasteiger partial charge in [-0.2, -0.15) is 0 Å². The largest absolute Gasteiger partial charge is 0.344 e. The number of nitrogens with zero attached hydrogens (tertiary/aromatic N) is 5. The number of rotatable bonds is 3. The van der Waals surface area contributed by atoms with Crippen LogP contribution in [0.4, 0.5) is 0 Å². The third-order valence-electron chi connectivity index (χ3n) is 4.08. The first-order valence-electron chi connectivity index (χ1n) is 7.86. The second-order valence-corrected chi connectivity index (χ2v) is 6.82. The van der Waals surface area contributed by atoms with E-state index in [1.807, 2.05) is 49.6 Å². The molecule has 0 aliphatic heterocycles.